The molecule has 0 aliphatic heterocycles. The van der Waals surface area contributed by atoms with Gasteiger partial charge in [0, 0.05) is 12.2 Å². The van der Waals surface area contributed by atoms with Crippen LogP contribution in [0.3, 0.4) is 0 Å². The molecule has 1 unspecified atom stereocenters. The minimum atomic E-state index is -4.56. The lowest BCUT2D eigenvalue weighted by Crippen LogP contribution is -2.28. The third kappa shape index (κ3) is 3.63. The maximum absolute atomic E-state index is 12.9. The molecule has 1 atom stereocenters. The summed E-state index contributed by atoms with van der Waals surface area (Å²) >= 11 is 0. The van der Waals surface area contributed by atoms with Gasteiger partial charge in [0.1, 0.15) is 5.82 Å². The molecule has 1 N–H and O–H groups in total. The number of hydrogen-bond acceptors (Lipinski definition) is 2. The molecule has 17 heavy (non-hydrogen) atoms. The van der Waals surface area contributed by atoms with Crippen molar-refractivity contribution in [1.82, 2.24) is 0 Å². The van der Waals surface area contributed by atoms with E-state index in [4.69, 9.17) is 5.26 Å². The lowest BCUT2D eigenvalue weighted by Gasteiger charge is -2.14. The van der Waals surface area contributed by atoms with Gasteiger partial charge in [-0.1, -0.05) is 0 Å². The van der Waals surface area contributed by atoms with E-state index in [1.54, 1.807) is 0 Å². The molecule has 0 amide bonds. The van der Waals surface area contributed by atoms with Crippen LogP contribution in [0.1, 0.15) is 5.56 Å². The molecule has 0 aromatic heterocycles. The Morgan fingerprint density at radius 1 is 1.41 bits per heavy atom. The molecule has 1 rings (SSSR count). The second-order valence-corrected chi connectivity index (χ2v) is 3.57. The summed E-state index contributed by atoms with van der Waals surface area (Å²) < 4.78 is 49.6. The average molecular weight is 246 g/mol. The maximum atomic E-state index is 12.9. The largest absolute Gasteiger partial charge is 0.406 e. The number of nitriles is 1. The van der Waals surface area contributed by atoms with E-state index in [0.717, 1.165) is 6.07 Å². The summed E-state index contributed by atoms with van der Waals surface area (Å²) in [5, 5.41) is 10.8. The van der Waals surface area contributed by atoms with Crippen LogP contribution in [0.2, 0.25) is 0 Å². The van der Waals surface area contributed by atoms with E-state index in [1.165, 1.54) is 25.1 Å². The Hall–Kier alpha value is -1.77. The molecular formula is C11H10F4N2. The van der Waals surface area contributed by atoms with Crippen molar-refractivity contribution in [3.8, 4) is 6.07 Å². The molecule has 0 aliphatic rings. The monoisotopic (exact) mass is 246 g/mol. The van der Waals surface area contributed by atoms with E-state index in [2.05, 4.69) is 5.32 Å². The van der Waals surface area contributed by atoms with Crippen LogP contribution in [0, 0.1) is 30.0 Å². The van der Waals surface area contributed by atoms with E-state index < -0.39 is 24.5 Å². The van der Waals surface area contributed by atoms with Gasteiger partial charge in [-0.15, -0.1) is 0 Å². The molecule has 92 valence electrons. The zero-order chi connectivity index (χ0) is 13.1. The molecule has 1 aromatic rings. The first-order valence-corrected chi connectivity index (χ1v) is 4.81. The minimum Gasteiger partial charge on any atom is -0.383 e. The van der Waals surface area contributed by atoms with Crippen LogP contribution in [-0.4, -0.2) is 12.7 Å². The van der Waals surface area contributed by atoms with Crippen LogP contribution in [0.25, 0.3) is 0 Å². The number of benzene rings is 1. The Kier molecular flexibility index (Phi) is 3.94. The van der Waals surface area contributed by atoms with Crippen molar-refractivity contribution in [2.24, 2.45) is 5.92 Å². The topological polar surface area (TPSA) is 35.8 Å². The quantitative estimate of drug-likeness (QED) is 0.831. The summed E-state index contributed by atoms with van der Waals surface area (Å²) in [7, 11) is 0. The molecular weight excluding hydrogens is 236 g/mol. The first-order valence-electron chi connectivity index (χ1n) is 4.81. The summed E-state index contributed by atoms with van der Waals surface area (Å²) in [5.74, 6) is -2.50. The SMILES string of the molecule is Cc1cc(NCC(C#N)C(F)(F)F)ccc1F. The van der Waals surface area contributed by atoms with E-state index >= 15 is 0 Å². The average Bonchev–Trinajstić information content (AvgIpc) is 2.22. The third-order valence-corrected chi connectivity index (χ3v) is 2.22. The summed E-state index contributed by atoms with van der Waals surface area (Å²) in [5.41, 5.74) is 0.684. The zero-order valence-corrected chi connectivity index (χ0v) is 8.98. The summed E-state index contributed by atoms with van der Waals surface area (Å²) in [6.45, 7) is 0.955. The van der Waals surface area contributed by atoms with E-state index in [0.29, 0.717) is 11.3 Å². The zero-order valence-electron chi connectivity index (χ0n) is 8.98. The number of halogens is 4. The number of nitrogens with zero attached hydrogens (tertiary/aromatic N) is 1. The third-order valence-electron chi connectivity index (χ3n) is 2.22. The Labute approximate surface area is 95.9 Å². The Morgan fingerprint density at radius 2 is 2.06 bits per heavy atom. The summed E-state index contributed by atoms with van der Waals surface area (Å²) in [6.07, 6.45) is -4.56. The molecule has 0 bridgehead atoms. The molecule has 0 radical (unpaired) electrons. The fourth-order valence-electron chi connectivity index (χ4n) is 1.21. The van der Waals surface area contributed by atoms with Crippen LogP contribution in [0.15, 0.2) is 18.2 Å². The van der Waals surface area contributed by atoms with Crippen LogP contribution in [0.5, 0.6) is 0 Å². The highest BCUT2D eigenvalue weighted by molar-refractivity contribution is 5.46. The highest BCUT2D eigenvalue weighted by atomic mass is 19.4. The predicted molar refractivity (Wildman–Crippen MR) is 54.8 cm³/mol. The fourth-order valence-corrected chi connectivity index (χ4v) is 1.21. The summed E-state index contributed by atoms with van der Waals surface area (Å²) in [6, 6.07) is 5.05. The number of hydrogen-bond donors (Lipinski definition) is 1. The van der Waals surface area contributed by atoms with Gasteiger partial charge in [-0.2, -0.15) is 18.4 Å². The predicted octanol–water partition coefficient (Wildman–Crippen LogP) is 3.25. The molecule has 0 heterocycles. The lowest BCUT2D eigenvalue weighted by molar-refractivity contribution is -0.155. The van der Waals surface area contributed by atoms with Crippen molar-refractivity contribution in [2.45, 2.75) is 13.1 Å². The molecule has 2 nitrogen and oxygen atoms in total. The number of anilines is 1. The van der Waals surface area contributed by atoms with Crippen molar-refractivity contribution in [3.05, 3.63) is 29.6 Å². The normalized spacial score (nSPS) is 12.9. The van der Waals surface area contributed by atoms with Gasteiger partial charge in [-0.05, 0) is 30.7 Å². The number of nitrogens with one attached hydrogen (secondary N) is 1. The van der Waals surface area contributed by atoms with Gasteiger partial charge in [0.05, 0.1) is 6.07 Å². The van der Waals surface area contributed by atoms with Crippen molar-refractivity contribution in [2.75, 3.05) is 11.9 Å². The van der Waals surface area contributed by atoms with Gasteiger partial charge in [-0.3, -0.25) is 0 Å². The smallest absolute Gasteiger partial charge is 0.383 e. The number of rotatable bonds is 3. The molecule has 0 fully saturated rings. The minimum absolute atomic E-state index is 0.329. The highest BCUT2D eigenvalue weighted by Gasteiger charge is 2.39. The van der Waals surface area contributed by atoms with Crippen LogP contribution in [0.4, 0.5) is 23.2 Å². The maximum Gasteiger partial charge on any atom is 0.406 e. The first-order chi connectivity index (χ1) is 7.84. The van der Waals surface area contributed by atoms with Crippen molar-refractivity contribution < 1.29 is 17.6 Å². The highest BCUT2D eigenvalue weighted by Crippen LogP contribution is 2.26. The Balaban J connectivity index is 2.67. The summed E-state index contributed by atoms with van der Waals surface area (Å²) in [4.78, 5) is 0. The number of alkyl halides is 3. The van der Waals surface area contributed by atoms with Crippen LogP contribution in [-0.2, 0) is 0 Å². The van der Waals surface area contributed by atoms with Crippen molar-refractivity contribution in [1.29, 1.82) is 5.26 Å². The molecule has 0 spiro atoms. The molecule has 0 saturated heterocycles. The Bertz CT molecular complexity index is 434. The van der Waals surface area contributed by atoms with Gasteiger partial charge < -0.3 is 5.32 Å². The second kappa shape index (κ2) is 5.04. The lowest BCUT2D eigenvalue weighted by atomic mass is 10.1. The standard InChI is InChI=1S/C11H10F4N2/c1-7-4-9(2-3-10(7)12)17-6-8(5-16)11(13,14)15/h2-4,8,17H,6H2,1H3. The molecule has 0 aliphatic carbocycles. The van der Waals surface area contributed by atoms with Crippen molar-refractivity contribution >= 4 is 5.69 Å². The van der Waals surface area contributed by atoms with Gasteiger partial charge >= 0.3 is 6.18 Å². The Morgan fingerprint density at radius 3 is 2.53 bits per heavy atom. The van der Waals surface area contributed by atoms with Crippen LogP contribution >= 0.6 is 0 Å². The molecule has 6 heteroatoms. The van der Waals surface area contributed by atoms with Gasteiger partial charge in [-0.25, -0.2) is 4.39 Å². The van der Waals surface area contributed by atoms with Gasteiger partial charge in [0.25, 0.3) is 0 Å². The van der Waals surface area contributed by atoms with E-state index in [9.17, 15) is 17.6 Å². The molecule has 1 aromatic carbocycles. The van der Waals surface area contributed by atoms with E-state index in [1.807, 2.05) is 0 Å². The van der Waals surface area contributed by atoms with Gasteiger partial charge in [0.15, 0.2) is 5.92 Å². The first kappa shape index (κ1) is 13.3. The van der Waals surface area contributed by atoms with Gasteiger partial charge in [0.2, 0.25) is 0 Å². The number of aryl methyl sites for hydroxylation is 1. The van der Waals surface area contributed by atoms with Crippen LogP contribution < -0.4 is 5.32 Å². The van der Waals surface area contributed by atoms with Crippen molar-refractivity contribution in [3.63, 3.8) is 0 Å². The fraction of sp³-hybridized carbons (Fsp3) is 0.364. The van der Waals surface area contributed by atoms with E-state index in [-0.39, 0.29) is 0 Å². The molecule has 0 saturated carbocycles. The second-order valence-electron chi connectivity index (χ2n) is 3.57.